The number of hydrogen-bond acceptors (Lipinski definition) is 3. The molecular formula is C8H19NO2P2. The van der Waals surface area contributed by atoms with Crippen LogP contribution in [0.15, 0.2) is 0 Å². The van der Waals surface area contributed by atoms with Gasteiger partial charge >= 0.3 is 0 Å². The van der Waals surface area contributed by atoms with Crippen LogP contribution in [0.1, 0.15) is 27.2 Å². The monoisotopic (exact) mass is 223 g/mol. The maximum atomic E-state index is 10.9. The fourth-order valence-electron chi connectivity index (χ4n) is 0.960. The summed E-state index contributed by atoms with van der Waals surface area (Å²) in [5, 5.41) is 12.8. The first kappa shape index (κ1) is 13.4. The second kappa shape index (κ2) is 6.84. The Morgan fingerprint density at radius 1 is 1.62 bits per heavy atom. The maximum absolute atomic E-state index is 10.9. The topological polar surface area (TPSA) is 49.3 Å². The molecule has 0 aliphatic rings. The third kappa shape index (κ3) is 5.70. The van der Waals surface area contributed by atoms with Crippen LogP contribution in [-0.2, 0) is 4.79 Å². The quantitative estimate of drug-likeness (QED) is 0.668. The van der Waals surface area contributed by atoms with Crippen molar-refractivity contribution in [2.45, 2.75) is 39.3 Å². The first-order chi connectivity index (χ1) is 5.99. The van der Waals surface area contributed by atoms with Gasteiger partial charge < -0.3 is 5.11 Å². The van der Waals surface area contributed by atoms with E-state index in [9.17, 15) is 9.90 Å². The Bertz CT molecular complexity index is 166. The van der Waals surface area contributed by atoms with Crippen LogP contribution in [0.5, 0.6) is 0 Å². The molecule has 5 heteroatoms. The summed E-state index contributed by atoms with van der Waals surface area (Å²) in [5.41, 5.74) is 0. The number of aliphatic hydroxyl groups is 1. The molecule has 3 nitrogen and oxygen atoms in total. The van der Waals surface area contributed by atoms with Gasteiger partial charge in [-0.3, -0.25) is 9.88 Å². The minimum Gasteiger partial charge on any atom is -0.391 e. The second-order valence-corrected chi connectivity index (χ2v) is 4.84. The molecule has 0 aliphatic heterocycles. The van der Waals surface area contributed by atoms with Gasteiger partial charge in [-0.2, -0.15) is 0 Å². The number of rotatable bonds is 6. The zero-order chi connectivity index (χ0) is 10.4. The van der Waals surface area contributed by atoms with E-state index in [-0.39, 0.29) is 17.7 Å². The van der Waals surface area contributed by atoms with E-state index in [0.29, 0.717) is 14.8 Å². The molecule has 0 aromatic carbocycles. The standard InChI is InChI=1S/C8H19NO2P2/c1-5(7(3)10)4-8(11)6(2)9-13-12/h5-6,8-9,11,13H,4,12H2,1-3H3/t5-,6+,8?/m1/s1. The average molecular weight is 223 g/mol. The molecule has 0 radical (unpaired) electrons. The minimum absolute atomic E-state index is 0.0490. The normalized spacial score (nSPS) is 18.8. The fraction of sp³-hybridized carbons (Fsp3) is 0.875. The molecular weight excluding hydrogens is 204 g/mol. The number of Topliss-reactive ketones (excluding diaryl/α,β-unsaturated/α-hetero) is 1. The third-order valence-corrected chi connectivity index (χ3v) is 3.30. The van der Waals surface area contributed by atoms with Gasteiger partial charge in [-0.25, -0.2) is 0 Å². The minimum atomic E-state index is -0.438. The van der Waals surface area contributed by atoms with Crippen molar-refractivity contribution in [3.05, 3.63) is 0 Å². The summed E-state index contributed by atoms with van der Waals surface area (Å²) < 4.78 is 0. The van der Waals surface area contributed by atoms with E-state index in [2.05, 4.69) is 14.0 Å². The van der Waals surface area contributed by atoms with E-state index in [1.807, 2.05) is 13.8 Å². The lowest BCUT2D eigenvalue weighted by Gasteiger charge is -2.21. The lowest BCUT2D eigenvalue weighted by atomic mass is 9.97. The SMILES string of the molecule is CC(=O)[C@H](C)CC(O)[C@H](C)NPP. The van der Waals surface area contributed by atoms with Crippen LogP contribution in [0.4, 0.5) is 0 Å². The van der Waals surface area contributed by atoms with Crippen molar-refractivity contribution in [3.8, 4) is 0 Å². The van der Waals surface area contributed by atoms with Crippen LogP contribution in [0, 0.1) is 5.92 Å². The van der Waals surface area contributed by atoms with Gasteiger partial charge in [0, 0.05) is 12.0 Å². The van der Waals surface area contributed by atoms with Gasteiger partial charge in [0.15, 0.2) is 0 Å². The highest BCUT2D eigenvalue weighted by Crippen LogP contribution is 2.18. The molecule has 2 N–H and O–H groups in total. The molecule has 78 valence electrons. The Morgan fingerprint density at radius 3 is 2.54 bits per heavy atom. The first-order valence-corrected chi connectivity index (χ1v) is 7.19. The van der Waals surface area contributed by atoms with E-state index in [1.165, 1.54) is 0 Å². The molecule has 13 heavy (non-hydrogen) atoms. The maximum Gasteiger partial charge on any atom is 0.132 e. The molecule has 0 heterocycles. The molecule has 5 atom stereocenters. The molecule has 0 saturated heterocycles. The van der Waals surface area contributed by atoms with Crippen LogP contribution < -0.4 is 5.09 Å². The van der Waals surface area contributed by atoms with Gasteiger partial charge in [-0.15, -0.1) is 0 Å². The van der Waals surface area contributed by atoms with Crippen molar-refractivity contribution in [1.29, 1.82) is 0 Å². The van der Waals surface area contributed by atoms with Crippen molar-refractivity contribution in [2.75, 3.05) is 0 Å². The van der Waals surface area contributed by atoms with E-state index < -0.39 is 6.10 Å². The summed E-state index contributed by atoms with van der Waals surface area (Å²) in [6, 6.07) is 0.0534. The molecule has 0 aliphatic carbocycles. The molecule has 0 saturated carbocycles. The van der Waals surface area contributed by atoms with Crippen LogP contribution >= 0.6 is 17.3 Å². The zero-order valence-corrected chi connectivity index (χ0v) is 10.5. The predicted octanol–water partition coefficient (Wildman–Crippen LogP) is 1.32. The molecule has 0 amide bonds. The van der Waals surface area contributed by atoms with Gasteiger partial charge in [-0.1, -0.05) is 15.9 Å². The smallest absolute Gasteiger partial charge is 0.132 e. The highest BCUT2D eigenvalue weighted by atomic mass is 32.0. The van der Waals surface area contributed by atoms with Gasteiger partial charge in [-0.05, 0) is 28.7 Å². The van der Waals surface area contributed by atoms with Gasteiger partial charge in [0.05, 0.1) is 6.10 Å². The zero-order valence-electron chi connectivity index (χ0n) is 8.37. The van der Waals surface area contributed by atoms with Crippen molar-refractivity contribution >= 4 is 23.1 Å². The Kier molecular flexibility index (Phi) is 7.07. The summed E-state index contributed by atoms with van der Waals surface area (Å²) in [7, 11) is 3.11. The largest absolute Gasteiger partial charge is 0.391 e. The van der Waals surface area contributed by atoms with Crippen molar-refractivity contribution in [3.63, 3.8) is 0 Å². The van der Waals surface area contributed by atoms with Crippen LogP contribution in [0.2, 0.25) is 0 Å². The van der Waals surface area contributed by atoms with E-state index in [0.717, 1.165) is 0 Å². The summed E-state index contributed by atoms with van der Waals surface area (Å²) in [6.07, 6.45) is 0.102. The Labute approximate surface area is 84.0 Å². The van der Waals surface area contributed by atoms with Gasteiger partial charge in [0.25, 0.3) is 0 Å². The fourth-order valence-corrected chi connectivity index (χ4v) is 2.20. The number of hydrogen-bond donors (Lipinski definition) is 2. The molecule has 0 aromatic heterocycles. The molecule has 0 bridgehead atoms. The molecule has 0 rings (SSSR count). The van der Waals surface area contributed by atoms with Crippen molar-refractivity contribution in [2.24, 2.45) is 5.92 Å². The number of nitrogens with one attached hydrogen (secondary N) is 1. The van der Waals surface area contributed by atoms with E-state index >= 15 is 0 Å². The summed E-state index contributed by atoms with van der Waals surface area (Å²) in [5.74, 6) is 0.0895. The molecule has 3 unspecified atom stereocenters. The summed E-state index contributed by atoms with van der Waals surface area (Å²) in [4.78, 5) is 10.9. The third-order valence-electron chi connectivity index (χ3n) is 2.18. The lowest BCUT2D eigenvalue weighted by Crippen LogP contribution is -2.34. The number of carbonyl (C=O) groups excluding carboxylic acids is 1. The highest BCUT2D eigenvalue weighted by Gasteiger charge is 2.18. The highest BCUT2D eigenvalue weighted by molar-refractivity contribution is 8.01. The first-order valence-electron chi connectivity index (χ1n) is 4.38. The van der Waals surface area contributed by atoms with E-state index in [4.69, 9.17) is 0 Å². The molecule has 0 aromatic rings. The van der Waals surface area contributed by atoms with Gasteiger partial charge in [0.1, 0.15) is 5.78 Å². The van der Waals surface area contributed by atoms with Crippen LogP contribution in [0.25, 0.3) is 0 Å². The lowest BCUT2D eigenvalue weighted by molar-refractivity contribution is -0.121. The van der Waals surface area contributed by atoms with Crippen LogP contribution in [-0.4, -0.2) is 23.0 Å². The average Bonchev–Trinajstić information content (AvgIpc) is 2.04. The summed E-state index contributed by atoms with van der Waals surface area (Å²) in [6.45, 7) is 5.34. The van der Waals surface area contributed by atoms with E-state index in [1.54, 1.807) is 6.92 Å². The Hall–Kier alpha value is 0.450. The van der Waals surface area contributed by atoms with Gasteiger partial charge in [0.2, 0.25) is 0 Å². The Balaban J connectivity index is 3.84. The molecule has 0 spiro atoms. The Morgan fingerprint density at radius 2 is 2.15 bits per heavy atom. The summed E-state index contributed by atoms with van der Waals surface area (Å²) >= 11 is 0. The molecule has 0 fully saturated rings. The number of ketones is 1. The van der Waals surface area contributed by atoms with Crippen molar-refractivity contribution < 1.29 is 9.90 Å². The van der Waals surface area contributed by atoms with Crippen molar-refractivity contribution in [1.82, 2.24) is 5.09 Å². The number of carbonyl (C=O) groups is 1. The second-order valence-electron chi connectivity index (χ2n) is 3.39. The van der Waals surface area contributed by atoms with Crippen LogP contribution in [0.3, 0.4) is 0 Å². The number of aliphatic hydroxyl groups excluding tert-OH is 1. The predicted molar refractivity (Wildman–Crippen MR) is 61.1 cm³/mol.